The highest BCUT2D eigenvalue weighted by Gasteiger charge is 2.18. The summed E-state index contributed by atoms with van der Waals surface area (Å²) in [6.07, 6.45) is 3.31. The second-order valence-corrected chi connectivity index (χ2v) is 7.57. The van der Waals surface area contributed by atoms with Crippen LogP contribution in [0.5, 0.6) is 0 Å². The fourth-order valence-corrected chi connectivity index (χ4v) is 3.19. The summed E-state index contributed by atoms with van der Waals surface area (Å²) >= 11 is 0. The zero-order valence-electron chi connectivity index (χ0n) is 16.8. The van der Waals surface area contributed by atoms with Gasteiger partial charge in [0.1, 0.15) is 5.56 Å². The molecule has 2 aromatic heterocycles. The maximum absolute atomic E-state index is 12.7. The minimum atomic E-state index is -0.148. The molecule has 5 nitrogen and oxygen atoms in total. The number of carbonyl (C=O) groups excluding carboxylic acids is 1. The van der Waals surface area contributed by atoms with Gasteiger partial charge in [-0.15, -0.1) is 0 Å². The topological polar surface area (TPSA) is 59.3 Å². The van der Waals surface area contributed by atoms with Crippen molar-refractivity contribution in [2.75, 3.05) is 0 Å². The number of rotatable bonds is 5. The summed E-state index contributed by atoms with van der Waals surface area (Å²) in [5.74, 6) is 0.206. The zero-order chi connectivity index (χ0) is 20.4. The number of amides is 1. The first-order chi connectivity index (χ1) is 14.0. The third-order valence-electron chi connectivity index (χ3n) is 5.29. The first-order valence-corrected chi connectivity index (χ1v) is 9.84. The van der Waals surface area contributed by atoms with E-state index in [2.05, 4.69) is 65.6 Å². The Morgan fingerprint density at radius 3 is 2.24 bits per heavy atom. The lowest BCUT2D eigenvalue weighted by Crippen LogP contribution is -2.36. The van der Waals surface area contributed by atoms with Gasteiger partial charge in [0, 0.05) is 17.8 Å². The molecule has 0 aliphatic heterocycles. The van der Waals surface area contributed by atoms with Crippen LogP contribution in [0.4, 0.5) is 0 Å². The summed E-state index contributed by atoms with van der Waals surface area (Å²) in [6, 6.07) is 20.6. The highest BCUT2D eigenvalue weighted by molar-refractivity contribution is 6.00. The summed E-state index contributed by atoms with van der Waals surface area (Å²) in [7, 11) is 0. The molecule has 0 aliphatic carbocycles. The van der Waals surface area contributed by atoms with Crippen molar-refractivity contribution < 1.29 is 4.79 Å². The number of aromatic nitrogens is 3. The van der Waals surface area contributed by atoms with Crippen molar-refractivity contribution in [1.29, 1.82) is 0 Å². The van der Waals surface area contributed by atoms with E-state index in [-0.39, 0.29) is 11.9 Å². The van der Waals surface area contributed by atoms with Crippen LogP contribution in [0.25, 0.3) is 28.0 Å². The van der Waals surface area contributed by atoms with Crippen LogP contribution in [-0.2, 0) is 0 Å². The molecule has 0 bridgehead atoms. The van der Waals surface area contributed by atoms with Crippen molar-refractivity contribution in [3.05, 3.63) is 78.6 Å². The smallest absolute Gasteiger partial charge is 0.256 e. The molecule has 1 atom stereocenters. The average Bonchev–Trinajstić information content (AvgIpc) is 3.19. The Balaban J connectivity index is 1.67. The van der Waals surface area contributed by atoms with Crippen LogP contribution >= 0.6 is 0 Å². The van der Waals surface area contributed by atoms with Crippen LogP contribution in [0.2, 0.25) is 0 Å². The fourth-order valence-electron chi connectivity index (χ4n) is 3.19. The van der Waals surface area contributed by atoms with Gasteiger partial charge in [-0.25, -0.2) is 9.50 Å². The number of hydrogen-bond donors (Lipinski definition) is 1. The average molecular weight is 384 g/mol. The predicted molar refractivity (Wildman–Crippen MR) is 116 cm³/mol. The molecule has 0 aliphatic rings. The van der Waals surface area contributed by atoms with E-state index in [4.69, 9.17) is 0 Å². The number of hydrogen-bond acceptors (Lipinski definition) is 3. The quantitative estimate of drug-likeness (QED) is 0.536. The second-order valence-electron chi connectivity index (χ2n) is 7.57. The van der Waals surface area contributed by atoms with Crippen molar-refractivity contribution in [3.8, 4) is 22.4 Å². The van der Waals surface area contributed by atoms with Gasteiger partial charge in [-0.1, -0.05) is 68.4 Å². The van der Waals surface area contributed by atoms with Crippen molar-refractivity contribution in [2.24, 2.45) is 5.92 Å². The normalized spacial score (nSPS) is 12.3. The maximum Gasteiger partial charge on any atom is 0.256 e. The Morgan fingerprint density at radius 1 is 0.897 bits per heavy atom. The highest BCUT2D eigenvalue weighted by Crippen LogP contribution is 2.25. The lowest BCUT2D eigenvalue weighted by Gasteiger charge is -2.16. The first kappa shape index (κ1) is 18.9. The molecule has 1 N–H and O–H groups in total. The number of carbonyl (C=O) groups is 1. The lowest BCUT2D eigenvalue weighted by molar-refractivity contribution is 0.0932. The molecule has 5 heteroatoms. The monoisotopic (exact) mass is 384 g/mol. The first-order valence-electron chi connectivity index (χ1n) is 9.84. The molecule has 2 heterocycles. The van der Waals surface area contributed by atoms with Crippen molar-refractivity contribution in [3.63, 3.8) is 0 Å². The Morgan fingerprint density at radius 2 is 1.55 bits per heavy atom. The Kier molecular flexibility index (Phi) is 5.12. The summed E-state index contributed by atoms with van der Waals surface area (Å²) in [4.78, 5) is 17.1. The summed E-state index contributed by atoms with van der Waals surface area (Å²) in [6.45, 7) is 6.16. The molecule has 2 aromatic carbocycles. The van der Waals surface area contributed by atoms with Crippen LogP contribution in [0.1, 0.15) is 31.1 Å². The summed E-state index contributed by atoms with van der Waals surface area (Å²) in [5, 5.41) is 7.47. The molecule has 0 fully saturated rings. The van der Waals surface area contributed by atoms with Crippen LogP contribution in [0.15, 0.2) is 73.1 Å². The van der Waals surface area contributed by atoms with Crippen LogP contribution in [0, 0.1) is 5.92 Å². The van der Waals surface area contributed by atoms with Gasteiger partial charge in [-0.05, 0) is 30.0 Å². The van der Waals surface area contributed by atoms with Gasteiger partial charge < -0.3 is 5.32 Å². The molecule has 4 rings (SSSR count). The van der Waals surface area contributed by atoms with Crippen molar-refractivity contribution in [1.82, 2.24) is 19.9 Å². The third-order valence-corrected chi connectivity index (χ3v) is 5.29. The number of nitrogens with zero attached hydrogens (tertiary/aromatic N) is 3. The summed E-state index contributed by atoms with van der Waals surface area (Å²) < 4.78 is 1.73. The molecule has 146 valence electrons. The van der Waals surface area contributed by atoms with E-state index < -0.39 is 0 Å². The van der Waals surface area contributed by atoms with Gasteiger partial charge >= 0.3 is 0 Å². The second kappa shape index (κ2) is 7.87. The molecule has 4 aromatic rings. The van der Waals surface area contributed by atoms with E-state index in [0.29, 0.717) is 17.1 Å². The molecule has 0 saturated heterocycles. The van der Waals surface area contributed by atoms with Gasteiger partial charge in [0.2, 0.25) is 0 Å². The largest absolute Gasteiger partial charge is 0.349 e. The van der Waals surface area contributed by atoms with E-state index in [1.807, 2.05) is 31.2 Å². The molecule has 0 spiro atoms. The molecule has 29 heavy (non-hydrogen) atoms. The predicted octanol–water partition coefficient (Wildman–Crippen LogP) is 4.84. The zero-order valence-corrected chi connectivity index (χ0v) is 16.8. The standard InChI is InChI=1S/C24H24N4O/c1-16(2)17(3)27-24(29)21-15-26-28-22(13-14-25-23(21)28)20-11-9-19(10-12-20)18-7-5-4-6-8-18/h4-17H,1-3H3,(H,27,29)/t17-/m1/s1. The van der Waals surface area contributed by atoms with E-state index in [1.165, 1.54) is 5.56 Å². The van der Waals surface area contributed by atoms with Gasteiger partial charge in [0.05, 0.1) is 11.9 Å². The summed E-state index contributed by atoms with van der Waals surface area (Å²) in [5.41, 5.74) is 5.29. The Hall–Kier alpha value is -3.47. The number of fused-ring (bicyclic) bond motifs is 1. The Bertz CT molecular complexity index is 1130. The molecule has 1 amide bonds. The van der Waals surface area contributed by atoms with Crippen LogP contribution in [-0.4, -0.2) is 26.5 Å². The fraction of sp³-hybridized carbons (Fsp3) is 0.208. The van der Waals surface area contributed by atoms with Gasteiger partial charge in [0.15, 0.2) is 5.65 Å². The van der Waals surface area contributed by atoms with E-state index in [9.17, 15) is 4.79 Å². The molecule has 0 unspecified atom stereocenters. The highest BCUT2D eigenvalue weighted by atomic mass is 16.1. The van der Waals surface area contributed by atoms with Gasteiger partial charge in [-0.2, -0.15) is 5.10 Å². The number of nitrogens with one attached hydrogen (secondary N) is 1. The van der Waals surface area contributed by atoms with E-state index >= 15 is 0 Å². The van der Waals surface area contributed by atoms with Crippen LogP contribution < -0.4 is 5.32 Å². The lowest BCUT2D eigenvalue weighted by atomic mass is 10.0. The van der Waals surface area contributed by atoms with E-state index in [0.717, 1.165) is 16.8 Å². The molecule has 0 saturated carbocycles. The number of benzene rings is 2. The van der Waals surface area contributed by atoms with E-state index in [1.54, 1.807) is 16.9 Å². The van der Waals surface area contributed by atoms with Gasteiger partial charge in [0.25, 0.3) is 5.91 Å². The van der Waals surface area contributed by atoms with Crippen molar-refractivity contribution >= 4 is 11.6 Å². The minimum absolute atomic E-state index is 0.0752. The molecule has 0 radical (unpaired) electrons. The SMILES string of the molecule is CC(C)[C@@H](C)NC(=O)c1cnn2c(-c3ccc(-c4ccccc4)cc3)ccnc12. The van der Waals surface area contributed by atoms with Crippen molar-refractivity contribution in [2.45, 2.75) is 26.8 Å². The van der Waals surface area contributed by atoms with Gasteiger partial charge in [-0.3, -0.25) is 4.79 Å². The molecular weight excluding hydrogens is 360 g/mol. The van der Waals surface area contributed by atoms with Crippen LogP contribution in [0.3, 0.4) is 0 Å². The maximum atomic E-state index is 12.7. The Labute approximate surface area is 170 Å². The minimum Gasteiger partial charge on any atom is -0.349 e. The third kappa shape index (κ3) is 3.76. The molecular formula is C24H24N4O.